The minimum Gasteiger partial charge on any atom is -0.369 e. The molecule has 0 radical (unpaired) electrons. The van der Waals surface area contributed by atoms with Crippen LogP contribution in [0.5, 0.6) is 0 Å². The van der Waals surface area contributed by atoms with Crippen molar-refractivity contribution in [3.8, 4) is 0 Å². The van der Waals surface area contributed by atoms with Crippen molar-refractivity contribution in [3.05, 3.63) is 52.4 Å². The van der Waals surface area contributed by atoms with Gasteiger partial charge in [0.25, 0.3) is 5.91 Å². The van der Waals surface area contributed by atoms with Gasteiger partial charge in [0.2, 0.25) is 0 Å². The second kappa shape index (κ2) is 7.73. The summed E-state index contributed by atoms with van der Waals surface area (Å²) in [6, 6.07) is 7.33. The van der Waals surface area contributed by atoms with Gasteiger partial charge >= 0.3 is 0 Å². The fraction of sp³-hybridized carbons (Fsp3) is 0.267. The Balaban J connectivity index is 1.69. The number of anilines is 1. The van der Waals surface area contributed by atoms with Crippen LogP contribution in [0.1, 0.15) is 22.5 Å². The number of benzene rings is 1. The molecule has 0 aliphatic carbocycles. The molecule has 0 bridgehead atoms. The zero-order valence-electron chi connectivity index (χ0n) is 11.8. The molecule has 0 unspecified atom stereocenters. The first-order valence-corrected chi connectivity index (χ1v) is 7.51. The molecule has 0 saturated heterocycles. The Hall–Kier alpha value is -1.95. The average molecular weight is 349 g/mol. The molecule has 5 nitrogen and oxygen atoms in total. The summed E-state index contributed by atoms with van der Waals surface area (Å²) in [6.45, 7) is 3.24. The number of carbonyl (C=O) groups excluding carboxylic acids is 1. The fourth-order valence-electron chi connectivity index (χ4n) is 1.79. The summed E-state index contributed by atoms with van der Waals surface area (Å²) in [4.78, 5) is 20.3. The summed E-state index contributed by atoms with van der Waals surface area (Å²) in [5.41, 5.74) is 1.53. The van der Waals surface area contributed by atoms with Crippen LogP contribution >= 0.6 is 15.9 Å². The van der Waals surface area contributed by atoms with Gasteiger partial charge in [-0.05, 0) is 31.5 Å². The molecule has 0 aliphatic rings. The minimum atomic E-state index is -0.0633. The number of aryl methyl sites for hydroxylation is 1. The fourth-order valence-corrected chi connectivity index (χ4v) is 2.19. The normalized spacial score (nSPS) is 10.2. The SMILES string of the molecule is Cc1cncc(NCCCNC(=O)c2cccc(Br)c2)n1. The van der Waals surface area contributed by atoms with Crippen molar-refractivity contribution in [1.82, 2.24) is 15.3 Å². The Kier molecular flexibility index (Phi) is 5.68. The van der Waals surface area contributed by atoms with E-state index in [-0.39, 0.29) is 5.91 Å². The third kappa shape index (κ3) is 5.15. The first-order chi connectivity index (χ1) is 10.1. The van der Waals surface area contributed by atoms with E-state index >= 15 is 0 Å². The van der Waals surface area contributed by atoms with E-state index in [0.717, 1.165) is 29.0 Å². The Morgan fingerprint density at radius 1 is 1.29 bits per heavy atom. The first kappa shape index (κ1) is 15.4. The number of halogens is 1. The van der Waals surface area contributed by atoms with E-state index in [0.29, 0.717) is 12.1 Å². The van der Waals surface area contributed by atoms with Gasteiger partial charge in [0.15, 0.2) is 0 Å². The van der Waals surface area contributed by atoms with Gasteiger partial charge in [-0.2, -0.15) is 0 Å². The first-order valence-electron chi connectivity index (χ1n) is 6.71. The molecule has 110 valence electrons. The van der Waals surface area contributed by atoms with Crippen LogP contribution in [-0.2, 0) is 0 Å². The number of aromatic nitrogens is 2. The van der Waals surface area contributed by atoms with Crippen molar-refractivity contribution in [2.75, 3.05) is 18.4 Å². The van der Waals surface area contributed by atoms with Crippen molar-refractivity contribution in [3.63, 3.8) is 0 Å². The predicted molar refractivity (Wildman–Crippen MR) is 86.4 cm³/mol. The van der Waals surface area contributed by atoms with Gasteiger partial charge in [0, 0.05) is 29.3 Å². The van der Waals surface area contributed by atoms with Gasteiger partial charge in [-0.15, -0.1) is 0 Å². The number of nitrogens with zero attached hydrogens (tertiary/aromatic N) is 2. The number of hydrogen-bond donors (Lipinski definition) is 2. The second-order valence-corrected chi connectivity index (χ2v) is 5.51. The molecular weight excluding hydrogens is 332 g/mol. The van der Waals surface area contributed by atoms with E-state index in [2.05, 4.69) is 36.5 Å². The molecule has 1 heterocycles. The number of carbonyl (C=O) groups is 1. The smallest absolute Gasteiger partial charge is 0.251 e. The van der Waals surface area contributed by atoms with Crippen LogP contribution < -0.4 is 10.6 Å². The van der Waals surface area contributed by atoms with Gasteiger partial charge < -0.3 is 10.6 Å². The summed E-state index contributed by atoms with van der Waals surface area (Å²) < 4.78 is 0.898. The molecule has 2 N–H and O–H groups in total. The van der Waals surface area contributed by atoms with E-state index in [1.165, 1.54) is 0 Å². The standard InChI is InChI=1S/C15H17BrN4O/c1-11-9-17-10-14(20-11)18-6-3-7-19-15(21)12-4-2-5-13(16)8-12/h2,4-5,8-10H,3,6-7H2,1H3,(H,18,20)(H,19,21). The molecule has 1 aromatic carbocycles. The predicted octanol–water partition coefficient (Wildman–Crippen LogP) is 2.78. The minimum absolute atomic E-state index is 0.0633. The Morgan fingerprint density at radius 3 is 2.90 bits per heavy atom. The molecule has 2 aromatic rings. The van der Waals surface area contributed by atoms with Crippen LogP contribution in [0.15, 0.2) is 41.1 Å². The molecular formula is C15H17BrN4O. The van der Waals surface area contributed by atoms with Gasteiger partial charge in [-0.25, -0.2) is 4.98 Å². The monoisotopic (exact) mass is 348 g/mol. The van der Waals surface area contributed by atoms with Crippen LogP contribution in [0.4, 0.5) is 5.82 Å². The van der Waals surface area contributed by atoms with Crippen molar-refractivity contribution in [1.29, 1.82) is 0 Å². The maximum atomic E-state index is 11.9. The molecule has 2 rings (SSSR count). The molecule has 21 heavy (non-hydrogen) atoms. The summed E-state index contributed by atoms with van der Waals surface area (Å²) in [5, 5.41) is 6.06. The lowest BCUT2D eigenvalue weighted by Crippen LogP contribution is -2.25. The Labute approximate surface area is 132 Å². The lowest BCUT2D eigenvalue weighted by atomic mass is 10.2. The van der Waals surface area contributed by atoms with Gasteiger partial charge in [-0.1, -0.05) is 22.0 Å². The summed E-state index contributed by atoms with van der Waals surface area (Å²) in [5.74, 6) is 0.694. The summed E-state index contributed by atoms with van der Waals surface area (Å²) >= 11 is 3.35. The zero-order valence-corrected chi connectivity index (χ0v) is 13.4. The van der Waals surface area contributed by atoms with Crippen LogP contribution in [0, 0.1) is 6.92 Å². The largest absolute Gasteiger partial charge is 0.369 e. The molecule has 0 fully saturated rings. The molecule has 6 heteroatoms. The lowest BCUT2D eigenvalue weighted by molar-refractivity contribution is 0.0953. The van der Waals surface area contributed by atoms with Gasteiger partial charge in [0.05, 0.1) is 11.9 Å². The van der Waals surface area contributed by atoms with E-state index in [9.17, 15) is 4.79 Å². The van der Waals surface area contributed by atoms with Crippen molar-refractivity contribution in [2.24, 2.45) is 0 Å². The lowest BCUT2D eigenvalue weighted by Gasteiger charge is -2.07. The van der Waals surface area contributed by atoms with Gasteiger partial charge in [-0.3, -0.25) is 9.78 Å². The molecule has 0 spiro atoms. The van der Waals surface area contributed by atoms with Crippen LogP contribution in [-0.4, -0.2) is 29.0 Å². The highest BCUT2D eigenvalue weighted by molar-refractivity contribution is 9.10. The topological polar surface area (TPSA) is 66.9 Å². The molecule has 0 saturated carbocycles. The van der Waals surface area contributed by atoms with Crippen molar-refractivity contribution >= 4 is 27.7 Å². The molecule has 1 aromatic heterocycles. The number of hydrogen-bond acceptors (Lipinski definition) is 4. The highest BCUT2D eigenvalue weighted by Gasteiger charge is 2.04. The van der Waals surface area contributed by atoms with E-state index in [1.54, 1.807) is 24.5 Å². The quantitative estimate of drug-likeness (QED) is 0.787. The number of amides is 1. The van der Waals surface area contributed by atoms with Crippen LogP contribution in [0.2, 0.25) is 0 Å². The van der Waals surface area contributed by atoms with Crippen LogP contribution in [0.25, 0.3) is 0 Å². The van der Waals surface area contributed by atoms with E-state index in [4.69, 9.17) is 0 Å². The summed E-state index contributed by atoms with van der Waals surface area (Å²) in [6.07, 6.45) is 4.21. The summed E-state index contributed by atoms with van der Waals surface area (Å²) in [7, 11) is 0. The van der Waals surface area contributed by atoms with E-state index in [1.807, 2.05) is 19.1 Å². The maximum Gasteiger partial charge on any atom is 0.251 e. The maximum absolute atomic E-state index is 11.9. The van der Waals surface area contributed by atoms with Crippen molar-refractivity contribution in [2.45, 2.75) is 13.3 Å². The molecule has 1 amide bonds. The highest BCUT2D eigenvalue weighted by atomic mass is 79.9. The van der Waals surface area contributed by atoms with Crippen molar-refractivity contribution < 1.29 is 4.79 Å². The highest BCUT2D eigenvalue weighted by Crippen LogP contribution is 2.11. The second-order valence-electron chi connectivity index (χ2n) is 4.59. The third-order valence-corrected chi connectivity index (χ3v) is 3.28. The average Bonchev–Trinajstić information content (AvgIpc) is 2.47. The zero-order chi connectivity index (χ0) is 15.1. The molecule has 0 atom stereocenters. The van der Waals surface area contributed by atoms with Crippen LogP contribution in [0.3, 0.4) is 0 Å². The third-order valence-electron chi connectivity index (χ3n) is 2.79. The number of rotatable bonds is 6. The Bertz CT molecular complexity index is 618. The number of nitrogens with one attached hydrogen (secondary N) is 2. The molecule has 0 aliphatic heterocycles. The van der Waals surface area contributed by atoms with Gasteiger partial charge in [0.1, 0.15) is 5.82 Å². The Morgan fingerprint density at radius 2 is 2.14 bits per heavy atom. The van der Waals surface area contributed by atoms with E-state index < -0.39 is 0 Å².